The molecule has 1 aromatic rings. The smallest absolute Gasteiger partial charge is 0.306 e. The van der Waals surface area contributed by atoms with Gasteiger partial charge < -0.3 is 30.9 Å². The first kappa shape index (κ1) is 27.6. The second kappa shape index (κ2) is 12.4. The molecule has 0 saturated carbocycles. The molecule has 5 atom stereocenters. The maximum absolute atomic E-state index is 13.5. The number of carbonyl (C=O) groups excluding carboxylic acids is 5. The molecule has 11 nitrogen and oxygen atoms in total. The van der Waals surface area contributed by atoms with Gasteiger partial charge in [-0.15, -0.1) is 0 Å². The second-order valence-electron chi connectivity index (χ2n) is 10.3. The highest BCUT2D eigenvalue weighted by atomic mass is 16.6. The molecule has 3 fully saturated rings. The zero-order valence-electron chi connectivity index (χ0n) is 22.0. The van der Waals surface area contributed by atoms with Crippen molar-refractivity contribution in [3.05, 3.63) is 29.8 Å². The van der Waals surface area contributed by atoms with Gasteiger partial charge in [0.2, 0.25) is 17.7 Å². The molecule has 38 heavy (non-hydrogen) atoms. The molecule has 206 valence electrons. The Bertz CT molecular complexity index is 1080. The van der Waals surface area contributed by atoms with E-state index >= 15 is 0 Å². The predicted octanol–water partition coefficient (Wildman–Crippen LogP) is 0.973. The highest BCUT2D eigenvalue weighted by Gasteiger charge is 2.43. The predicted molar refractivity (Wildman–Crippen MR) is 139 cm³/mol. The number of hydrogen-bond donors (Lipinski definition) is 4. The summed E-state index contributed by atoms with van der Waals surface area (Å²) in [5.74, 6) is -1.42. The molecule has 0 radical (unpaired) electrons. The molecule has 4 amide bonds. The van der Waals surface area contributed by atoms with Crippen molar-refractivity contribution in [2.75, 3.05) is 12.4 Å². The number of likely N-dealkylation sites (N-methyl/N-ethyl adjacent to an activating group) is 1. The lowest BCUT2D eigenvalue weighted by atomic mass is 9.98. The molecule has 0 aliphatic carbocycles. The minimum absolute atomic E-state index is 0.0112. The van der Waals surface area contributed by atoms with E-state index in [1.54, 1.807) is 37.1 Å². The van der Waals surface area contributed by atoms with Crippen molar-refractivity contribution in [1.29, 1.82) is 0 Å². The number of hydrogen-bond acceptors (Lipinski definition) is 7. The third-order valence-electron chi connectivity index (χ3n) is 7.62. The van der Waals surface area contributed by atoms with E-state index in [-0.39, 0.29) is 48.6 Å². The van der Waals surface area contributed by atoms with E-state index in [9.17, 15) is 24.0 Å². The van der Waals surface area contributed by atoms with Crippen LogP contribution in [0.3, 0.4) is 0 Å². The van der Waals surface area contributed by atoms with Gasteiger partial charge in [0.1, 0.15) is 12.1 Å². The van der Waals surface area contributed by atoms with Crippen LogP contribution in [0, 0.1) is 0 Å². The molecule has 3 heterocycles. The summed E-state index contributed by atoms with van der Waals surface area (Å²) in [6.07, 6.45) is 4.32. The van der Waals surface area contributed by atoms with Crippen molar-refractivity contribution in [2.45, 2.75) is 95.1 Å². The number of nitrogens with one attached hydrogen (secondary N) is 4. The van der Waals surface area contributed by atoms with Crippen LogP contribution in [-0.2, 0) is 35.3 Å². The maximum Gasteiger partial charge on any atom is 0.306 e. The van der Waals surface area contributed by atoms with Crippen molar-refractivity contribution < 1.29 is 28.7 Å². The minimum Gasteiger partial charge on any atom is -0.452 e. The van der Waals surface area contributed by atoms with Crippen LogP contribution in [-0.4, -0.2) is 71.8 Å². The Morgan fingerprint density at radius 1 is 1.05 bits per heavy atom. The average molecular weight is 528 g/mol. The number of nitrogens with zero attached hydrogens (tertiary/aromatic N) is 1. The van der Waals surface area contributed by atoms with Crippen molar-refractivity contribution >= 4 is 35.3 Å². The van der Waals surface area contributed by atoms with E-state index in [0.29, 0.717) is 24.9 Å². The molecule has 4 N–H and O–H groups in total. The zero-order valence-corrected chi connectivity index (χ0v) is 22.0. The topological polar surface area (TPSA) is 146 Å². The zero-order chi connectivity index (χ0) is 27.2. The van der Waals surface area contributed by atoms with Crippen molar-refractivity contribution in [3.63, 3.8) is 0 Å². The van der Waals surface area contributed by atoms with Gasteiger partial charge in [0.15, 0.2) is 6.10 Å². The molecule has 0 bridgehead atoms. The summed E-state index contributed by atoms with van der Waals surface area (Å²) in [6.45, 7) is 1.96. The summed E-state index contributed by atoms with van der Waals surface area (Å²) in [7, 11) is 1.69. The summed E-state index contributed by atoms with van der Waals surface area (Å²) in [4.78, 5) is 64.6. The Kier molecular flexibility index (Phi) is 8.98. The first-order chi connectivity index (χ1) is 18.3. The lowest BCUT2D eigenvalue weighted by Crippen LogP contribution is -2.57. The van der Waals surface area contributed by atoms with Gasteiger partial charge in [-0.25, -0.2) is 0 Å². The van der Waals surface area contributed by atoms with Crippen LogP contribution in [0.4, 0.5) is 5.69 Å². The largest absolute Gasteiger partial charge is 0.452 e. The number of carbonyl (C=O) groups is 5. The van der Waals surface area contributed by atoms with Gasteiger partial charge in [0, 0.05) is 31.1 Å². The average Bonchev–Trinajstić information content (AvgIpc) is 3.53. The lowest BCUT2D eigenvalue weighted by Gasteiger charge is -2.35. The Hall–Kier alpha value is -3.47. The normalized spacial score (nSPS) is 26.0. The van der Waals surface area contributed by atoms with Crippen LogP contribution in [0.25, 0.3) is 0 Å². The summed E-state index contributed by atoms with van der Waals surface area (Å²) >= 11 is 0. The summed E-state index contributed by atoms with van der Waals surface area (Å²) < 4.78 is 5.01. The van der Waals surface area contributed by atoms with Crippen molar-refractivity contribution in [2.24, 2.45) is 0 Å². The number of rotatable bonds is 8. The van der Waals surface area contributed by atoms with Gasteiger partial charge in [-0.05, 0) is 57.4 Å². The highest BCUT2D eigenvalue weighted by Crippen LogP contribution is 2.31. The van der Waals surface area contributed by atoms with Crippen LogP contribution in [0.1, 0.15) is 63.9 Å². The molecule has 2 unspecified atom stereocenters. The maximum atomic E-state index is 13.5. The molecular formula is C27H37N5O6. The molecule has 1 aromatic carbocycles. The molecule has 4 rings (SSSR count). The van der Waals surface area contributed by atoms with Crippen LogP contribution in [0.2, 0.25) is 0 Å². The van der Waals surface area contributed by atoms with Crippen LogP contribution < -0.4 is 21.3 Å². The molecular weight excluding hydrogens is 490 g/mol. The highest BCUT2D eigenvalue weighted by molar-refractivity contribution is 5.97. The molecule has 3 aliphatic heterocycles. The first-order valence-electron chi connectivity index (χ1n) is 13.4. The van der Waals surface area contributed by atoms with Gasteiger partial charge in [-0.1, -0.05) is 25.0 Å². The fourth-order valence-corrected chi connectivity index (χ4v) is 5.35. The molecule has 3 aliphatic rings. The molecule has 0 aromatic heterocycles. The number of esters is 1. The van der Waals surface area contributed by atoms with E-state index in [1.807, 2.05) is 6.07 Å². The van der Waals surface area contributed by atoms with Gasteiger partial charge in [0.25, 0.3) is 5.91 Å². The van der Waals surface area contributed by atoms with Crippen LogP contribution in [0.5, 0.6) is 0 Å². The summed E-state index contributed by atoms with van der Waals surface area (Å²) in [6, 6.07) is 5.41. The number of fused-ring (bicyclic) bond motifs is 1. The third-order valence-corrected chi connectivity index (χ3v) is 7.62. The Labute approximate surface area is 222 Å². The number of anilines is 1. The van der Waals surface area contributed by atoms with Crippen molar-refractivity contribution in [1.82, 2.24) is 20.9 Å². The third kappa shape index (κ3) is 6.50. The number of benzene rings is 1. The number of cyclic esters (lactones) is 1. The van der Waals surface area contributed by atoms with E-state index < -0.39 is 24.2 Å². The number of ether oxygens (including phenoxy) is 1. The quantitative estimate of drug-likeness (QED) is 0.369. The Morgan fingerprint density at radius 3 is 2.58 bits per heavy atom. The summed E-state index contributed by atoms with van der Waals surface area (Å²) in [5.41, 5.74) is 1.32. The summed E-state index contributed by atoms with van der Waals surface area (Å²) in [5, 5.41) is 11.5. The lowest BCUT2D eigenvalue weighted by molar-refractivity contribution is -0.146. The van der Waals surface area contributed by atoms with Gasteiger partial charge >= 0.3 is 5.97 Å². The second-order valence-corrected chi connectivity index (χ2v) is 10.3. The Balaban J connectivity index is 1.37. The first-order valence-corrected chi connectivity index (χ1v) is 13.4. The standard InChI is InChI=1S/C27H37N5O6/c1-16(28-2)24(34)31-20-9-4-3-8-19-10-11-21(32(19)27(20)37)25(35)29-15-17-6-5-7-18(14-17)30-26(36)22-12-13-23(33)38-22/h5-7,14,16,19-22,28H,3-4,8-13,15H2,1-2H3,(H,29,35)(H,30,36)(H,31,34)/t16?,19-,20-,21-,22?/m0/s1. The van der Waals surface area contributed by atoms with Crippen LogP contribution in [0.15, 0.2) is 24.3 Å². The van der Waals surface area contributed by atoms with Gasteiger partial charge in [-0.3, -0.25) is 24.0 Å². The van der Waals surface area contributed by atoms with Crippen molar-refractivity contribution in [3.8, 4) is 0 Å². The van der Waals surface area contributed by atoms with Crippen LogP contribution >= 0.6 is 0 Å². The molecule has 0 spiro atoms. The van der Waals surface area contributed by atoms with E-state index in [0.717, 1.165) is 31.2 Å². The van der Waals surface area contributed by atoms with E-state index in [1.165, 1.54) is 0 Å². The SMILES string of the molecule is CNC(C)C(=O)N[C@H]1CCCC[C@H]2CC[C@@H](C(=O)NCc3cccc(NC(=O)C4CCC(=O)O4)c3)N2C1=O. The molecule has 3 saturated heterocycles. The number of amides is 4. The monoisotopic (exact) mass is 527 g/mol. The van der Waals surface area contributed by atoms with Gasteiger partial charge in [0.05, 0.1) is 6.04 Å². The van der Waals surface area contributed by atoms with Gasteiger partial charge in [-0.2, -0.15) is 0 Å². The minimum atomic E-state index is -0.786. The fourth-order valence-electron chi connectivity index (χ4n) is 5.35. The van der Waals surface area contributed by atoms with E-state index in [2.05, 4.69) is 21.3 Å². The fraction of sp³-hybridized carbons (Fsp3) is 0.593. The van der Waals surface area contributed by atoms with E-state index in [4.69, 9.17) is 4.74 Å². The molecule has 11 heteroatoms. The Morgan fingerprint density at radius 2 is 1.84 bits per heavy atom.